The number of hydrogen-bond donors (Lipinski definition) is 1. The van der Waals surface area contributed by atoms with E-state index in [0.29, 0.717) is 5.76 Å². The molecule has 4 rings (SSSR count). The van der Waals surface area contributed by atoms with Crippen molar-refractivity contribution in [2.75, 3.05) is 25.5 Å². The van der Waals surface area contributed by atoms with E-state index in [1.807, 2.05) is 12.1 Å². The summed E-state index contributed by atoms with van der Waals surface area (Å²) >= 11 is 1.60. The lowest BCUT2D eigenvalue weighted by atomic mass is 9.92. The Balaban J connectivity index is 1.75. The summed E-state index contributed by atoms with van der Waals surface area (Å²) in [6.07, 6.45) is 3.85. The molecule has 1 aliphatic heterocycles. The molecule has 3 aromatic rings. The van der Waals surface area contributed by atoms with Crippen molar-refractivity contribution >= 4 is 22.2 Å². The van der Waals surface area contributed by atoms with Crippen LogP contribution in [0.5, 0.6) is 5.75 Å². The molecule has 1 amide bonds. The fraction of sp³-hybridized carbons (Fsp3) is 0.375. The number of furan rings is 1. The van der Waals surface area contributed by atoms with E-state index in [-0.39, 0.29) is 11.9 Å². The van der Waals surface area contributed by atoms with E-state index in [2.05, 4.69) is 42.3 Å². The quantitative estimate of drug-likeness (QED) is 0.549. The van der Waals surface area contributed by atoms with E-state index in [1.54, 1.807) is 30.6 Å². The van der Waals surface area contributed by atoms with Crippen LogP contribution in [-0.2, 0) is 0 Å². The fourth-order valence-corrected chi connectivity index (χ4v) is 5.09. The molecule has 0 bridgehead atoms. The third kappa shape index (κ3) is 4.30. The minimum Gasteiger partial charge on any atom is -0.496 e. The van der Waals surface area contributed by atoms with Gasteiger partial charge in [-0.1, -0.05) is 25.1 Å². The molecule has 6 heteroatoms. The summed E-state index contributed by atoms with van der Waals surface area (Å²) in [4.78, 5) is 16.4. The number of methoxy groups -OCH3 is 1. The van der Waals surface area contributed by atoms with Gasteiger partial charge < -0.3 is 14.5 Å². The predicted molar refractivity (Wildman–Crippen MR) is 121 cm³/mol. The van der Waals surface area contributed by atoms with Crippen molar-refractivity contribution in [1.82, 2.24) is 4.90 Å². The van der Waals surface area contributed by atoms with Gasteiger partial charge in [0.05, 0.1) is 19.4 Å². The van der Waals surface area contributed by atoms with E-state index >= 15 is 0 Å². The standard InChI is InChI=1S/C24H28N2O3S/c1-16-10-12-26(13-11-16)22(18-7-4-5-8-20(18)28-3)19-15-17(2)30-24(19)25-23(27)21-9-6-14-29-21/h4-9,14-16,22H,10-13H2,1-3H3,(H,25,27)/t22-/m1/s1. The third-order valence-corrected chi connectivity index (χ3v) is 6.75. The molecule has 5 nitrogen and oxygen atoms in total. The van der Waals surface area contributed by atoms with Crippen LogP contribution >= 0.6 is 11.3 Å². The number of ether oxygens (including phenoxy) is 1. The van der Waals surface area contributed by atoms with Gasteiger partial charge in [0, 0.05) is 16.0 Å². The lowest BCUT2D eigenvalue weighted by Crippen LogP contribution is -2.37. The van der Waals surface area contributed by atoms with Crippen molar-refractivity contribution in [3.8, 4) is 5.75 Å². The molecular weight excluding hydrogens is 396 g/mol. The molecule has 3 heterocycles. The lowest BCUT2D eigenvalue weighted by Gasteiger charge is -2.37. The number of aryl methyl sites for hydroxylation is 1. The maximum absolute atomic E-state index is 12.7. The number of piperidine rings is 1. The van der Waals surface area contributed by atoms with Gasteiger partial charge in [0.2, 0.25) is 0 Å². The lowest BCUT2D eigenvalue weighted by molar-refractivity contribution is 0.0996. The van der Waals surface area contributed by atoms with E-state index in [4.69, 9.17) is 9.15 Å². The Morgan fingerprint density at radius 1 is 1.20 bits per heavy atom. The van der Waals surface area contributed by atoms with Gasteiger partial charge in [-0.25, -0.2) is 0 Å². The number of amides is 1. The van der Waals surface area contributed by atoms with Crippen molar-refractivity contribution in [2.24, 2.45) is 5.92 Å². The number of thiophene rings is 1. The minimum atomic E-state index is -0.228. The van der Waals surface area contributed by atoms with Crippen LogP contribution < -0.4 is 10.1 Å². The summed E-state index contributed by atoms with van der Waals surface area (Å²) in [6, 6.07) is 13.8. The molecule has 1 fully saturated rings. The first kappa shape index (κ1) is 20.7. The Bertz CT molecular complexity index is 988. The van der Waals surface area contributed by atoms with Crippen molar-refractivity contribution < 1.29 is 13.9 Å². The average molecular weight is 425 g/mol. The zero-order valence-electron chi connectivity index (χ0n) is 17.7. The molecule has 0 unspecified atom stereocenters. The van der Waals surface area contributed by atoms with Gasteiger partial charge in [0.1, 0.15) is 10.8 Å². The summed E-state index contributed by atoms with van der Waals surface area (Å²) in [5.41, 5.74) is 2.23. The first-order valence-corrected chi connectivity index (χ1v) is 11.2. The van der Waals surface area contributed by atoms with Crippen LogP contribution in [0.2, 0.25) is 0 Å². The van der Waals surface area contributed by atoms with Crippen molar-refractivity contribution in [3.05, 3.63) is 70.5 Å². The van der Waals surface area contributed by atoms with E-state index in [0.717, 1.165) is 45.8 Å². The Labute approximate surface area is 181 Å². The van der Waals surface area contributed by atoms with Crippen molar-refractivity contribution in [2.45, 2.75) is 32.7 Å². The number of rotatable bonds is 6. The number of hydrogen-bond acceptors (Lipinski definition) is 5. The van der Waals surface area contributed by atoms with Gasteiger partial charge in [-0.05, 0) is 63.0 Å². The van der Waals surface area contributed by atoms with Crippen LogP contribution in [-0.4, -0.2) is 31.0 Å². The number of anilines is 1. The molecular formula is C24H28N2O3S. The Kier molecular flexibility index (Phi) is 6.25. The highest BCUT2D eigenvalue weighted by atomic mass is 32.1. The Hall–Kier alpha value is -2.57. The minimum absolute atomic E-state index is 0.0190. The largest absolute Gasteiger partial charge is 0.496 e. The molecule has 1 aliphatic rings. The highest BCUT2D eigenvalue weighted by molar-refractivity contribution is 7.16. The summed E-state index contributed by atoms with van der Waals surface area (Å²) < 4.78 is 11.0. The SMILES string of the molecule is COc1ccccc1[C@H](c1cc(C)sc1NC(=O)c1ccco1)N1CCC(C)CC1. The predicted octanol–water partition coefficient (Wildman–Crippen LogP) is 5.73. The van der Waals surface area contributed by atoms with Crippen molar-refractivity contribution in [3.63, 3.8) is 0 Å². The van der Waals surface area contributed by atoms with Gasteiger partial charge in [-0.15, -0.1) is 11.3 Å². The molecule has 2 aromatic heterocycles. The molecule has 0 saturated carbocycles. The number of carbonyl (C=O) groups excluding carboxylic acids is 1. The maximum atomic E-state index is 12.7. The molecule has 0 aliphatic carbocycles. The molecule has 1 atom stereocenters. The van der Waals surface area contributed by atoms with Gasteiger partial charge in [0.15, 0.2) is 5.76 Å². The first-order chi connectivity index (χ1) is 14.6. The fourth-order valence-electron chi connectivity index (χ4n) is 4.15. The van der Waals surface area contributed by atoms with E-state index in [9.17, 15) is 4.79 Å². The zero-order valence-corrected chi connectivity index (χ0v) is 18.5. The average Bonchev–Trinajstić information content (AvgIpc) is 3.40. The number of nitrogens with zero attached hydrogens (tertiary/aromatic N) is 1. The van der Waals surface area contributed by atoms with Crippen LogP contribution in [0, 0.1) is 12.8 Å². The van der Waals surface area contributed by atoms with Crippen LogP contribution in [0.15, 0.2) is 53.1 Å². The number of likely N-dealkylation sites (tertiary alicyclic amines) is 1. The second kappa shape index (κ2) is 9.06. The number of para-hydroxylation sites is 1. The van der Waals surface area contributed by atoms with Crippen molar-refractivity contribution in [1.29, 1.82) is 0 Å². The highest BCUT2D eigenvalue weighted by Crippen LogP contribution is 2.43. The second-order valence-corrected chi connectivity index (χ2v) is 9.19. The van der Waals surface area contributed by atoms with Crippen LogP contribution in [0.1, 0.15) is 52.4 Å². The summed E-state index contributed by atoms with van der Waals surface area (Å²) in [7, 11) is 1.71. The van der Waals surface area contributed by atoms with Gasteiger partial charge in [-0.3, -0.25) is 9.69 Å². The molecule has 0 spiro atoms. The van der Waals surface area contributed by atoms with E-state index in [1.165, 1.54) is 19.1 Å². The highest BCUT2D eigenvalue weighted by Gasteiger charge is 2.31. The molecule has 1 aromatic carbocycles. The monoisotopic (exact) mass is 424 g/mol. The van der Waals surface area contributed by atoms with Crippen LogP contribution in [0.3, 0.4) is 0 Å². The number of nitrogens with one attached hydrogen (secondary N) is 1. The number of benzene rings is 1. The summed E-state index contributed by atoms with van der Waals surface area (Å²) in [5.74, 6) is 1.69. The summed E-state index contributed by atoms with van der Waals surface area (Å²) in [5, 5.41) is 3.95. The molecule has 158 valence electrons. The summed E-state index contributed by atoms with van der Waals surface area (Å²) in [6.45, 7) is 6.43. The molecule has 0 radical (unpaired) electrons. The molecule has 30 heavy (non-hydrogen) atoms. The zero-order chi connectivity index (χ0) is 21.1. The number of carbonyl (C=O) groups is 1. The topological polar surface area (TPSA) is 54.7 Å². The first-order valence-electron chi connectivity index (χ1n) is 10.4. The van der Waals surface area contributed by atoms with Crippen LogP contribution in [0.25, 0.3) is 0 Å². The van der Waals surface area contributed by atoms with E-state index < -0.39 is 0 Å². The van der Waals surface area contributed by atoms with Gasteiger partial charge in [-0.2, -0.15) is 0 Å². The third-order valence-electron chi connectivity index (χ3n) is 5.77. The second-order valence-electron chi connectivity index (χ2n) is 7.94. The van der Waals surface area contributed by atoms with Gasteiger partial charge >= 0.3 is 0 Å². The van der Waals surface area contributed by atoms with Gasteiger partial charge in [0.25, 0.3) is 5.91 Å². The van der Waals surface area contributed by atoms with Crippen LogP contribution in [0.4, 0.5) is 5.00 Å². The molecule has 1 saturated heterocycles. The maximum Gasteiger partial charge on any atom is 0.291 e. The Morgan fingerprint density at radius 2 is 1.97 bits per heavy atom. The smallest absolute Gasteiger partial charge is 0.291 e. The normalized spacial score (nSPS) is 16.4. The Morgan fingerprint density at radius 3 is 2.67 bits per heavy atom. The molecule has 1 N–H and O–H groups in total.